The molecule has 142 valence electrons. The molecule has 0 saturated carbocycles. The summed E-state index contributed by atoms with van der Waals surface area (Å²) in [5, 5.41) is 2.88. The molecule has 2 rings (SSSR count). The van der Waals surface area contributed by atoms with Gasteiger partial charge >= 0.3 is 0 Å². The number of carbonyl (C=O) groups is 3. The third-order valence-corrected chi connectivity index (χ3v) is 4.93. The van der Waals surface area contributed by atoms with Gasteiger partial charge in [-0.15, -0.1) is 0 Å². The third-order valence-electron chi connectivity index (χ3n) is 4.93. The van der Waals surface area contributed by atoms with E-state index in [0.29, 0.717) is 32.7 Å². The van der Waals surface area contributed by atoms with Gasteiger partial charge in [0.1, 0.15) is 5.41 Å². The second-order valence-electron chi connectivity index (χ2n) is 7.13. The second-order valence-corrected chi connectivity index (χ2v) is 7.13. The largest absolute Gasteiger partial charge is 0.379 e. The maximum atomic E-state index is 12.7. The number of carbonyl (C=O) groups excluding carboxylic acids is 3. The van der Waals surface area contributed by atoms with Crippen LogP contribution in [0.5, 0.6) is 0 Å². The molecule has 2 aliphatic rings. The SMILES string of the molecule is CC(=O)N1CCN(C(=O)C(C)(C)C(=O)NCCN2CCOCC2)CC1. The number of hydrogen-bond donors (Lipinski definition) is 1. The molecule has 1 N–H and O–H groups in total. The lowest BCUT2D eigenvalue weighted by atomic mass is 9.90. The first-order valence-corrected chi connectivity index (χ1v) is 8.95. The quantitative estimate of drug-likeness (QED) is 0.651. The average Bonchev–Trinajstić information content (AvgIpc) is 2.61. The first-order valence-electron chi connectivity index (χ1n) is 8.95. The Morgan fingerprint density at radius 2 is 1.52 bits per heavy atom. The highest BCUT2D eigenvalue weighted by molar-refractivity contribution is 6.04. The minimum Gasteiger partial charge on any atom is -0.379 e. The Kier molecular flexibility index (Phi) is 6.78. The summed E-state index contributed by atoms with van der Waals surface area (Å²) in [5.74, 6) is -0.411. The van der Waals surface area contributed by atoms with Gasteiger partial charge < -0.3 is 19.9 Å². The number of hydrogen-bond acceptors (Lipinski definition) is 5. The van der Waals surface area contributed by atoms with Gasteiger partial charge in [-0.2, -0.15) is 0 Å². The molecule has 3 amide bonds. The monoisotopic (exact) mass is 354 g/mol. The van der Waals surface area contributed by atoms with Crippen molar-refractivity contribution in [1.29, 1.82) is 0 Å². The van der Waals surface area contributed by atoms with E-state index in [1.165, 1.54) is 6.92 Å². The van der Waals surface area contributed by atoms with E-state index in [1.54, 1.807) is 23.6 Å². The van der Waals surface area contributed by atoms with Crippen molar-refractivity contribution in [2.45, 2.75) is 20.8 Å². The molecule has 0 radical (unpaired) electrons. The van der Waals surface area contributed by atoms with Crippen molar-refractivity contribution in [1.82, 2.24) is 20.0 Å². The standard InChI is InChI=1S/C17H30N4O4/c1-14(22)20-6-8-21(9-7-20)16(24)17(2,3)15(23)18-4-5-19-10-12-25-13-11-19/h4-13H2,1-3H3,(H,18,23). The van der Waals surface area contributed by atoms with Crippen molar-refractivity contribution in [2.24, 2.45) is 5.41 Å². The van der Waals surface area contributed by atoms with Crippen molar-refractivity contribution in [3.05, 3.63) is 0 Å². The van der Waals surface area contributed by atoms with Crippen LogP contribution >= 0.6 is 0 Å². The molecular formula is C17H30N4O4. The summed E-state index contributed by atoms with van der Waals surface area (Å²) in [6.45, 7) is 11.3. The van der Waals surface area contributed by atoms with Crippen LogP contribution in [0.4, 0.5) is 0 Å². The Morgan fingerprint density at radius 1 is 0.960 bits per heavy atom. The summed E-state index contributed by atoms with van der Waals surface area (Å²) in [4.78, 5) is 42.2. The van der Waals surface area contributed by atoms with E-state index in [9.17, 15) is 14.4 Å². The lowest BCUT2D eigenvalue weighted by Crippen LogP contribution is -2.56. The predicted molar refractivity (Wildman–Crippen MR) is 92.9 cm³/mol. The fraction of sp³-hybridized carbons (Fsp3) is 0.824. The maximum absolute atomic E-state index is 12.7. The Hall–Kier alpha value is -1.67. The Labute approximate surface area is 149 Å². The van der Waals surface area contributed by atoms with Gasteiger partial charge in [0.2, 0.25) is 17.7 Å². The number of nitrogens with zero attached hydrogens (tertiary/aromatic N) is 3. The lowest BCUT2D eigenvalue weighted by Gasteiger charge is -2.37. The molecule has 2 fully saturated rings. The van der Waals surface area contributed by atoms with E-state index in [4.69, 9.17) is 4.74 Å². The fourth-order valence-corrected chi connectivity index (χ4v) is 3.09. The van der Waals surface area contributed by atoms with Crippen molar-refractivity contribution in [3.8, 4) is 0 Å². The van der Waals surface area contributed by atoms with Gasteiger partial charge in [-0.05, 0) is 13.8 Å². The van der Waals surface area contributed by atoms with Gasteiger partial charge in [-0.1, -0.05) is 0 Å². The lowest BCUT2D eigenvalue weighted by molar-refractivity contribution is -0.151. The maximum Gasteiger partial charge on any atom is 0.237 e. The smallest absolute Gasteiger partial charge is 0.237 e. The molecule has 0 aliphatic carbocycles. The minimum absolute atomic E-state index is 0.0206. The molecule has 0 bridgehead atoms. The van der Waals surface area contributed by atoms with Crippen LogP contribution in [-0.4, -0.2) is 98.0 Å². The molecule has 2 saturated heterocycles. The summed E-state index contributed by atoms with van der Waals surface area (Å²) >= 11 is 0. The molecule has 2 aliphatic heterocycles. The summed E-state index contributed by atoms with van der Waals surface area (Å²) in [6.07, 6.45) is 0. The number of ether oxygens (including phenoxy) is 1. The van der Waals surface area contributed by atoms with E-state index in [1.807, 2.05) is 0 Å². The number of piperazine rings is 1. The van der Waals surface area contributed by atoms with Gasteiger partial charge in [-0.25, -0.2) is 0 Å². The number of nitrogens with one attached hydrogen (secondary N) is 1. The van der Waals surface area contributed by atoms with Gasteiger partial charge in [-0.3, -0.25) is 19.3 Å². The minimum atomic E-state index is -1.11. The van der Waals surface area contributed by atoms with Gasteiger partial charge in [0.05, 0.1) is 13.2 Å². The molecule has 0 spiro atoms. The molecule has 8 heteroatoms. The van der Waals surface area contributed by atoms with E-state index < -0.39 is 5.41 Å². The van der Waals surface area contributed by atoms with Gasteiger partial charge in [0.25, 0.3) is 0 Å². The molecule has 0 aromatic rings. The van der Waals surface area contributed by atoms with E-state index in [2.05, 4.69) is 10.2 Å². The van der Waals surface area contributed by atoms with Crippen LogP contribution in [0.3, 0.4) is 0 Å². The molecule has 0 unspecified atom stereocenters. The predicted octanol–water partition coefficient (Wildman–Crippen LogP) is -0.848. The second kappa shape index (κ2) is 8.62. The van der Waals surface area contributed by atoms with Crippen LogP contribution < -0.4 is 5.32 Å². The van der Waals surface area contributed by atoms with Crippen LogP contribution in [0, 0.1) is 5.41 Å². The summed E-state index contributed by atoms with van der Waals surface area (Å²) in [5.41, 5.74) is -1.11. The third kappa shape index (κ3) is 5.15. The van der Waals surface area contributed by atoms with Crippen LogP contribution in [0.1, 0.15) is 20.8 Å². The Morgan fingerprint density at radius 3 is 2.08 bits per heavy atom. The van der Waals surface area contributed by atoms with E-state index in [0.717, 1.165) is 32.8 Å². The number of amides is 3. The molecular weight excluding hydrogens is 324 g/mol. The topological polar surface area (TPSA) is 82.2 Å². The zero-order valence-corrected chi connectivity index (χ0v) is 15.5. The van der Waals surface area contributed by atoms with Crippen LogP contribution in [0.2, 0.25) is 0 Å². The molecule has 25 heavy (non-hydrogen) atoms. The molecule has 0 aromatic heterocycles. The normalized spacial score (nSPS) is 19.6. The van der Waals surface area contributed by atoms with Crippen molar-refractivity contribution >= 4 is 17.7 Å². The van der Waals surface area contributed by atoms with Gasteiger partial charge in [0.15, 0.2) is 0 Å². The molecule has 0 aromatic carbocycles. The Bertz CT molecular complexity index is 495. The first-order chi connectivity index (χ1) is 11.8. The highest BCUT2D eigenvalue weighted by Crippen LogP contribution is 2.20. The molecule has 0 atom stereocenters. The zero-order valence-electron chi connectivity index (χ0n) is 15.5. The highest BCUT2D eigenvalue weighted by Gasteiger charge is 2.40. The van der Waals surface area contributed by atoms with Crippen LogP contribution in [0.25, 0.3) is 0 Å². The van der Waals surface area contributed by atoms with Crippen molar-refractivity contribution < 1.29 is 19.1 Å². The average molecular weight is 354 g/mol. The van der Waals surface area contributed by atoms with E-state index in [-0.39, 0.29) is 17.7 Å². The summed E-state index contributed by atoms with van der Waals surface area (Å²) in [7, 11) is 0. The Balaban J connectivity index is 1.79. The first kappa shape index (κ1) is 19.7. The zero-order chi connectivity index (χ0) is 18.4. The van der Waals surface area contributed by atoms with E-state index >= 15 is 0 Å². The number of rotatable bonds is 5. The van der Waals surface area contributed by atoms with Gasteiger partial charge in [0, 0.05) is 59.3 Å². The fourth-order valence-electron chi connectivity index (χ4n) is 3.09. The van der Waals surface area contributed by atoms with Crippen LogP contribution in [0.15, 0.2) is 0 Å². The highest BCUT2D eigenvalue weighted by atomic mass is 16.5. The molecule has 8 nitrogen and oxygen atoms in total. The summed E-state index contributed by atoms with van der Waals surface area (Å²) in [6, 6.07) is 0. The van der Waals surface area contributed by atoms with Crippen LogP contribution in [-0.2, 0) is 19.1 Å². The van der Waals surface area contributed by atoms with Crippen molar-refractivity contribution in [3.63, 3.8) is 0 Å². The summed E-state index contributed by atoms with van der Waals surface area (Å²) < 4.78 is 5.30. The molecule has 2 heterocycles. The van der Waals surface area contributed by atoms with Crippen molar-refractivity contribution in [2.75, 3.05) is 65.6 Å². The number of morpholine rings is 1.